The maximum Gasteiger partial charge on any atom is 0.335 e. The van der Waals surface area contributed by atoms with Crippen LogP contribution >= 0.6 is 27.7 Å². The van der Waals surface area contributed by atoms with Gasteiger partial charge in [0, 0.05) is 6.54 Å². The molecule has 156 valence electrons. The van der Waals surface area contributed by atoms with E-state index in [1.165, 1.54) is 23.9 Å². The molecular weight excluding hydrogens is 472 g/mol. The molecule has 0 spiro atoms. The van der Waals surface area contributed by atoms with Gasteiger partial charge >= 0.3 is 5.97 Å². The first kappa shape index (κ1) is 21.9. The number of ether oxygens (including phenoxy) is 1. The summed E-state index contributed by atoms with van der Waals surface area (Å²) in [5.74, 6) is -0.849. The summed E-state index contributed by atoms with van der Waals surface area (Å²) in [4.78, 5) is 30.4. The molecule has 30 heavy (non-hydrogen) atoms. The third kappa shape index (κ3) is 4.68. The van der Waals surface area contributed by atoms with Crippen molar-refractivity contribution in [1.82, 2.24) is 4.90 Å². The number of hydrogen-bond donors (Lipinski definition) is 2. The van der Waals surface area contributed by atoms with E-state index < -0.39 is 5.97 Å². The molecule has 1 amide bonds. The van der Waals surface area contributed by atoms with E-state index in [1.807, 2.05) is 13.8 Å². The molecule has 0 saturated carbocycles. The van der Waals surface area contributed by atoms with Crippen molar-refractivity contribution in [3.05, 3.63) is 56.9 Å². The Hall–Kier alpha value is -2.78. The lowest BCUT2D eigenvalue weighted by molar-refractivity contribution is -0.122. The quantitative estimate of drug-likeness (QED) is 0.560. The van der Waals surface area contributed by atoms with Crippen LogP contribution < -0.4 is 4.74 Å². The molecule has 0 bridgehead atoms. The summed E-state index contributed by atoms with van der Waals surface area (Å²) in [6.45, 7) is 4.52. The Labute approximate surface area is 186 Å². The van der Waals surface area contributed by atoms with E-state index in [4.69, 9.17) is 9.84 Å². The second-order valence-electron chi connectivity index (χ2n) is 6.19. The van der Waals surface area contributed by atoms with Gasteiger partial charge in [-0.2, -0.15) is 0 Å². The zero-order valence-electron chi connectivity index (χ0n) is 16.3. The fourth-order valence-electron chi connectivity index (χ4n) is 2.75. The number of benzene rings is 2. The zero-order chi connectivity index (χ0) is 21.8. The summed E-state index contributed by atoms with van der Waals surface area (Å²) in [6.07, 6.45) is 1.72. The van der Waals surface area contributed by atoms with Crippen molar-refractivity contribution >= 4 is 56.5 Å². The molecule has 2 N–H and O–H groups in total. The number of carboxylic acids is 1. The maximum absolute atomic E-state index is 12.8. The molecule has 0 unspecified atom stereocenters. The third-order valence-electron chi connectivity index (χ3n) is 4.19. The Morgan fingerprint density at radius 2 is 1.97 bits per heavy atom. The summed E-state index contributed by atoms with van der Waals surface area (Å²) >= 11 is 4.54. The number of amides is 1. The predicted molar refractivity (Wildman–Crippen MR) is 120 cm³/mol. The van der Waals surface area contributed by atoms with Gasteiger partial charge in [0.15, 0.2) is 16.7 Å². The van der Waals surface area contributed by atoms with Crippen LogP contribution in [0.2, 0.25) is 0 Å². The number of carbonyl (C=O) groups is 2. The van der Waals surface area contributed by atoms with E-state index in [1.54, 1.807) is 35.2 Å². The van der Waals surface area contributed by atoms with Gasteiger partial charge in [0.2, 0.25) is 0 Å². The number of carboxylic acid groups (broad SMARTS) is 1. The summed E-state index contributed by atoms with van der Waals surface area (Å²) in [5, 5.41) is 19.6. The molecule has 1 saturated heterocycles. The van der Waals surface area contributed by atoms with E-state index in [0.29, 0.717) is 44.7 Å². The van der Waals surface area contributed by atoms with Crippen LogP contribution in [0.4, 0.5) is 5.69 Å². The number of thioether (sulfide) groups is 1. The molecule has 1 aliphatic heterocycles. The Balaban J connectivity index is 1.93. The van der Waals surface area contributed by atoms with Gasteiger partial charge in [-0.05, 0) is 89.6 Å². The van der Waals surface area contributed by atoms with E-state index in [0.717, 1.165) is 0 Å². The second-order valence-corrected chi connectivity index (χ2v) is 8.05. The molecule has 0 aromatic heterocycles. The molecule has 9 heteroatoms. The summed E-state index contributed by atoms with van der Waals surface area (Å²) < 4.78 is 5.91. The fourth-order valence-corrected chi connectivity index (χ4v) is 4.28. The van der Waals surface area contributed by atoms with Gasteiger partial charge in [0.05, 0.1) is 27.2 Å². The first-order valence-corrected chi connectivity index (χ1v) is 10.7. The number of amidine groups is 1. The van der Waals surface area contributed by atoms with Crippen LogP contribution in [-0.4, -0.2) is 45.3 Å². The van der Waals surface area contributed by atoms with Gasteiger partial charge in [-0.1, -0.05) is 0 Å². The summed E-state index contributed by atoms with van der Waals surface area (Å²) in [6, 6.07) is 9.51. The lowest BCUT2D eigenvalue weighted by atomic mass is 10.2. The number of phenolic OH excluding ortho intramolecular Hbond substituents is 1. The van der Waals surface area contributed by atoms with Crippen molar-refractivity contribution in [2.24, 2.45) is 4.99 Å². The van der Waals surface area contributed by atoms with Crippen molar-refractivity contribution in [2.75, 3.05) is 13.2 Å². The number of aliphatic imine (C=N–C) groups is 1. The largest absolute Gasteiger partial charge is 0.503 e. The molecule has 1 aliphatic rings. The number of halogens is 1. The number of carbonyl (C=O) groups excluding carboxylic acids is 1. The minimum absolute atomic E-state index is 0.00615. The van der Waals surface area contributed by atoms with Crippen molar-refractivity contribution in [2.45, 2.75) is 13.8 Å². The minimum atomic E-state index is -1.01. The van der Waals surface area contributed by atoms with Crippen molar-refractivity contribution in [3.8, 4) is 11.5 Å². The Morgan fingerprint density at radius 3 is 2.57 bits per heavy atom. The van der Waals surface area contributed by atoms with E-state index in [2.05, 4.69) is 20.9 Å². The standard InChI is InChI=1S/C21H19BrN2O5S/c1-3-24-19(26)17(11-12-9-15(22)18(25)16(10-12)29-4-2)30-21(24)23-14-7-5-13(6-8-14)20(27)28/h5-11,25H,3-4H2,1-2H3,(H,27,28). The highest BCUT2D eigenvalue weighted by Crippen LogP contribution is 2.38. The lowest BCUT2D eigenvalue weighted by Gasteiger charge is -2.12. The molecule has 2 aromatic carbocycles. The van der Waals surface area contributed by atoms with Crippen LogP contribution in [0.25, 0.3) is 6.08 Å². The molecule has 2 aromatic rings. The lowest BCUT2D eigenvalue weighted by Crippen LogP contribution is -2.28. The van der Waals surface area contributed by atoms with E-state index in [9.17, 15) is 14.7 Å². The van der Waals surface area contributed by atoms with Gasteiger partial charge < -0.3 is 14.9 Å². The van der Waals surface area contributed by atoms with E-state index >= 15 is 0 Å². The van der Waals surface area contributed by atoms with Crippen LogP contribution in [0, 0.1) is 0 Å². The summed E-state index contributed by atoms with van der Waals surface area (Å²) in [7, 11) is 0. The molecule has 0 atom stereocenters. The van der Waals surface area contributed by atoms with Crippen LogP contribution in [0.5, 0.6) is 11.5 Å². The van der Waals surface area contributed by atoms with Crippen molar-refractivity contribution in [3.63, 3.8) is 0 Å². The predicted octanol–water partition coefficient (Wildman–Crippen LogP) is 4.88. The van der Waals surface area contributed by atoms with Crippen LogP contribution in [0.15, 0.2) is 50.8 Å². The highest BCUT2D eigenvalue weighted by atomic mass is 79.9. The summed E-state index contributed by atoms with van der Waals surface area (Å²) in [5.41, 5.74) is 1.42. The van der Waals surface area contributed by atoms with Crippen LogP contribution in [-0.2, 0) is 4.79 Å². The number of likely N-dealkylation sites (N-methyl/N-ethyl adjacent to an activating group) is 1. The number of nitrogens with zero attached hydrogens (tertiary/aromatic N) is 2. The average molecular weight is 491 g/mol. The molecule has 7 nitrogen and oxygen atoms in total. The smallest absolute Gasteiger partial charge is 0.335 e. The van der Waals surface area contributed by atoms with Crippen LogP contribution in [0.3, 0.4) is 0 Å². The highest BCUT2D eigenvalue weighted by molar-refractivity contribution is 9.10. The minimum Gasteiger partial charge on any atom is -0.503 e. The molecule has 1 fully saturated rings. The first-order chi connectivity index (χ1) is 14.3. The Bertz CT molecular complexity index is 1050. The van der Waals surface area contributed by atoms with Gasteiger partial charge in [-0.15, -0.1) is 0 Å². The number of hydrogen-bond acceptors (Lipinski definition) is 6. The average Bonchev–Trinajstić information content (AvgIpc) is 3.00. The molecule has 3 rings (SSSR count). The maximum atomic E-state index is 12.8. The number of aromatic carboxylic acids is 1. The van der Waals surface area contributed by atoms with Crippen molar-refractivity contribution in [1.29, 1.82) is 0 Å². The second kappa shape index (κ2) is 9.36. The number of rotatable bonds is 6. The normalized spacial score (nSPS) is 16.5. The SMILES string of the molecule is CCOc1cc(C=C2SC(=Nc3ccc(C(=O)O)cc3)N(CC)C2=O)cc(Br)c1O. The molecular formula is C21H19BrN2O5S. The van der Waals surface area contributed by atoms with Gasteiger partial charge in [0.1, 0.15) is 0 Å². The first-order valence-electron chi connectivity index (χ1n) is 9.12. The Morgan fingerprint density at radius 1 is 1.27 bits per heavy atom. The molecule has 0 radical (unpaired) electrons. The highest BCUT2D eigenvalue weighted by Gasteiger charge is 2.32. The zero-order valence-corrected chi connectivity index (χ0v) is 18.7. The third-order valence-corrected chi connectivity index (χ3v) is 5.80. The topological polar surface area (TPSA) is 99.4 Å². The van der Waals surface area contributed by atoms with Gasteiger partial charge in [-0.25, -0.2) is 9.79 Å². The monoisotopic (exact) mass is 490 g/mol. The van der Waals surface area contributed by atoms with E-state index in [-0.39, 0.29) is 17.2 Å². The Kier molecular flexibility index (Phi) is 6.84. The van der Waals surface area contributed by atoms with Crippen molar-refractivity contribution < 1.29 is 24.5 Å². The van der Waals surface area contributed by atoms with Gasteiger partial charge in [-0.3, -0.25) is 9.69 Å². The number of phenols is 1. The number of aromatic hydroxyl groups is 1. The van der Waals surface area contributed by atoms with Crippen LogP contribution in [0.1, 0.15) is 29.8 Å². The van der Waals surface area contributed by atoms with Gasteiger partial charge in [0.25, 0.3) is 5.91 Å². The molecule has 0 aliphatic carbocycles. The fraction of sp³-hybridized carbons (Fsp3) is 0.190. The molecule has 1 heterocycles.